The number of benzene rings is 1. The van der Waals surface area contributed by atoms with Gasteiger partial charge in [0.2, 0.25) is 5.56 Å². The number of hydrogen-bond donors (Lipinski definition) is 1. The van der Waals surface area contributed by atoms with Gasteiger partial charge in [0, 0.05) is 11.5 Å². The summed E-state index contributed by atoms with van der Waals surface area (Å²) in [6.07, 6.45) is 2.18. The van der Waals surface area contributed by atoms with Crippen LogP contribution in [0, 0.1) is 0 Å². The average Bonchev–Trinajstić information content (AvgIpc) is 3.23. The van der Waals surface area contributed by atoms with Gasteiger partial charge in [-0.1, -0.05) is 0 Å². The van der Waals surface area contributed by atoms with Crippen LogP contribution in [-0.2, 0) is 4.74 Å². The Morgan fingerprint density at radius 3 is 2.85 bits per heavy atom. The first kappa shape index (κ1) is 12.7. The molecule has 1 N–H and O–H groups in total. The Labute approximate surface area is 115 Å². The fourth-order valence-electron chi connectivity index (χ4n) is 2.02. The zero-order valence-electron chi connectivity index (χ0n) is 11.1. The van der Waals surface area contributed by atoms with E-state index >= 15 is 0 Å². The van der Waals surface area contributed by atoms with Crippen molar-refractivity contribution in [2.24, 2.45) is 0 Å². The molecule has 0 saturated heterocycles. The van der Waals surface area contributed by atoms with E-state index in [1.165, 1.54) is 6.07 Å². The molecular formula is C15H15NO4. The Hall–Kier alpha value is -2.30. The van der Waals surface area contributed by atoms with Gasteiger partial charge in [-0.15, -0.1) is 0 Å². The number of pyridine rings is 1. The first-order valence-electron chi connectivity index (χ1n) is 6.68. The van der Waals surface area contributed by atoms with Gasteiger partial charge in [-0.05, 0) is 38.0 Å². The van der Waals surface area contributed by atoms with Crippen LogP contribution in [-0.4, -0.2) is 23.7 Å². The van der Waals surface area contributed by atoms with E-state index in [4.69, 9.17) is 9.47 Å². The Bertz CT molecular complexity index is 715. The van der Waals surface area contributed by atoms with Gasteiger partial charge in [-0.3, -0.25) is 4.79 Å². The van der Waals surface area contributed by atoms with E-state index in [1.54, 1.807) is 25.1 Å². The number of aromatic nitrogens is 1. The number of aromatic amines is 1. The molecule has 0 aliphatic heterocycles. The number of rotatable bonds is 4. The zero-order valence-corrected chi connectivity index (χ0v) is 11.1. The normalized spacial score (nSPS) is 14.2. The van der Waals surface area contributed by atoms with Crippen molar-refractivity contribution in [3.63, 3.8) is 0 Å². The molecule has 0 radical (unpaired) electrons. The van der Waals surface area contributed by atoms with E-state index in [1.807, 2.05) is 0 Å². The Morgan fingerprint density at radius 2 is 2.15 bits per heavy atom. The summed E-state index contributed by atoms with van der Waals surface area (Å²) in [5.74, 6) is 0.145. The molecule has 1 saturated carbocycles. The second-order valence-corrected chi connectivity index (χ2v) is 4.80. The molecule has 1 heterocycles. The Morgan fingerprint density at radius 1 is 1.35 bits per heavy atom. The second-order valence-electron chi connectivity index (χ2n) is 4.80. The van der Waals surface area contributed by atoms with Crippen LogP contribution in [0.25, 0.3) is 10.9 Å². The first-order chi connectivity index (χ1) is 9.67. The maximum atomic E-state index is 11.9. The van der Waals surface area contributed by atoms with Crippen LogP contribution in [0.5, 0.6) is 5.75 Å². The van der Waals surface area contributed by atoms with Gasteiger partial charge in [0.1, 0.15) is 5.75 Å². The molecule has 5 nitrogen and oxygen atoms in total. The lowest BCUT2D eigenvalue weighted by molar-refractivity contribution is 0.0526. The third-order valence-electron chi connectivity index (χ3n) is 3.12. The highest BCUT2D eigenvalue weighted by Gasteiger charge is 2.25. The SMILES string of the molecule is CCOC(=O)c1cc(OC2CC2)c2[nH]c(=O)ccc2c1. The van der Waals surface area contributed by atoms with Crippen molar-refractivity contribution in [1.82, 2.24) is 4.98 Å². The van der Waals surface area contributed by atoms with Crippen LogP contribution in [0.2, 0.25) is 0 Å². The van der Waals surface area contributed by atoms with Gasteiger partial charge in [-0.25, -0.2) is 4.79 Å². The number of esters is 1. The lowest BCUT2D eigenvalue weighted by atomic mass is 10.1. The van der Waals surface area contributed by atoms with Crippen molar-refractivity contribution in [3.05, 3.63) is 40.2 Å². The van der Waals surface area contributed by atoms with Crippen molar-refractivity contribution < 1.29 is 14.3 Å². The molecule has 0 bridgehead atoms. The van der Waals surface area contributed by atoms with Gasteiger partial charge in [-0.2, -0.15) is 0 Å². The minimum absolute atomic E-state index is 0.180. The van der Waals surface area contributed by atoms with E-state index < -0.39 is 0 Å². The minimum atomic E-state index is -0.388. The van der Waals surface area contributed by atoms with Crippen LogP contribution in [0.4, 0.5) is 0 Å². The summed E-state index contributed by atoms with van der Waals surface area (Å²) in [7, 11) is 0. The minimum Gasteiger partial charge on any atom is -0.488 e. The molecule has 1 aromatic carbocycles. The predicted octanol–water partition coefficient (Wildman–Crippen LogP) is 2.25. The number of ether oxygens (including phenoxy) is 2. The molecule has 1 aliphatic carbocycles. The molecule has 3 rings (SSSR count). The fraction of sp³-hybridized carbons (Fsp3) is 0.333. The van der Waals surface area contributed by atoms with E-state index in [2.05, 4.69) is 4.98 Å². The Kier molecular flexibility index (Phi) is 3.18. The van der Waals surface area contributed by atoms with E-state index in [9.17, 15) is 9.59 Å². The zero-order chi connectivity index (χ0) is 14.1. The largest absolute Gasteiger partial charge is 0.488 e. The summed E-state index contributed by atoms with van der Waals surface area (Å²) in [4.78, 5) is 26.1. The molecule has 20 heavy (non-hydrogen) atoms. The van der Waals surface area contributed by atoms with Gasteiger partial charge in [0.05, 0.1) is 23.8 Å². The summed E-state index contributed by atoms with van der Waals surface area (Å²) >= 11 is 0. The van der Waals surface area contributed by atoms with Crippen molar-refractivity contribution in [2.75, 3.05) is 6.61 Å². The molecule has 1 fully saturated rings. The van der Waals surface area contributed by atoms with Crippen LogP contribution in [0.3, 0.4) is 0 Å². The number of carbonyl (C=O) groups excluding carboxylic acids is 1. The highest BCUT2D eigenvalue weighted by atomic mass is 16.5. The lowest BCUT2D eigenvalue weighted by Gasteiger charge is -2.10. The lowest BCUT2D eigenvalue weighted by Crippen LogP contribution is -2.09. The van der Waals surface area contributed by atoms with Crippen molar-refractivity contribution in [2.45, 2.75) is 25.9 Å². The molecule has 0 spiro atoms. The highest BCUT2D eigenvalue weighted by molar-refractivity contribution is 5.96. The summed E-state index contributed by atoms with van der Waals surface area (Å²) in [6.45, 7) is 2.08. The van der Waals surface area contributed by atoms with Crippen LogP contribution >= 0.6 is 0 Å². The standard InChI is InChI=1S/C15H15NO4/c1-2-19-15(18)10-7-9-3-6-13(17)16-14(9)12(8-10)20-11-4-5-11/h3,6-8,11H,2,4-5H2,1H3,(H,16,17). The van der Waals surface area contributed by atoms with Gasteiger partial charge in [0.15, 0.2) is 0 Å². The molecule has 0 atom stereocenters. The van der Waals surface area contributed by atoms with Crippen LogP contribution in [0.1, 0.15) is 30.1 Å². The second kappa shape index (κ2) is 5.00. The summed E-state index contributed by atoms with van der Waals surface area (Å²) in [5.41, 5.74) is 0.863. The van der Waals surface area contributed by atoms with Gasteiger partial charge in [0.25, 0.3) is 0 Å². The van der Waals surface area contributed by atoms with E-state index in [0.717, 1.165) is 18.2 Å². The molecule has 0 unspecified atom stereocenters. The van der Waals surface area contributed by atoms with Gasteiger partial charge < -0.3 is 14.5 Å². The molecule has 5 heteroatoms. The molecule has 1 aliphatic rings. The first-order valence-corrected chi connectivity index (χ1v) is 6.68. The smallest absolute Gasteiger partial charge is 0.338 e. The number of carbonyl (C=O) groups is 1. The third-order valence-corrected chi connectivity index (χ3v) is 3.12. The number of fused-ring (bicyclic) bond motifs is 1. The molecule has 2 aromatic rings. The summed E-state index contributed by atoms with van der Waals surface area (Å²) in [6, 6.07) is 6.44. The maximum Gasteiger partial charge on any atom is 0.338 e. The van der Waals surface area contributed by atoms with Crippen LogP contribution in [0.15, 0.2) is 29.1 Å². The monoisotopic (exact) mass is 273 g/mol. The van der Waals surface area contributed by atoms with Crippen LogP contribution < -0.4 is 10.3 Å². The Balaban J connectivity index is 2.11. The number of nitrogens with one attached hydrogen (secondary N) is 1. The summed E-state index contributed by atoms with van der Waals surface area (Å²) < 4.78 is 10.8. The quantitative estimate of drug-likeness (QED) is 0.867. The van der Waals surface area contributed by atoms with Crippen molar-refractivity contribution in [3.8, 4) is 5.75 Å². The van der Waals surface area contributed by atoms with Crippen molar-refractivity contribution >= 4 is 16.9 Å². The van der Waals surface area contributed by atoms with Crippen molar-refractivity contribution in [1.29, 1.82) is 0 Å². The fourth-order valence-corrected chi connectivity index (χ4v) is 2.02. The number of H-pyrrole nitrogens is 1. The molecule has 0 amide bonds. The molecular weight excluding hydrogens is 258 g/mol. The van der Waals surface area contributed by atoms with E-state index in [-0.39, 0.29) is 17.6 Å². The van der Waals surface area contributed by atoms with Gasteiger partial charge >= 0.3 is 5.97 Å². The average molecular weight is 273 g/mol. The molecule has 1 aromatic heterocycles. The predicted molar refractivity (Wildman–Crippen MR) is 74.2 cm³/mol. The topological polar surface area (TPSA) is 68.4 Å². The maximum absolute atomic E-state index is 11.9. The molecule has 104 valence electrons. The highest BCUT2D eigenvalue weighted by Crippen LogP contribution is 2.32. The van der Waals surface area contributed by atoms with E-state index in [0.29, 0.717) is 23.4 Å². The summed E-state index contributed by atoms with van der Waals surface area (Å²) in [5, 5.41) is 0.755. The number of hydrogen-bond acceptors (Lipinski definition) is 4. The third kappa shape index (κ3) is 2.52.